The summed E-state index contributed by atoms with van der Waals surface area (Å²) in [5.41, 5.74) is 0. The molecule has 4 heteroatoms. The lowest BCUT2D eigenvalue weighted by Crippen LogP contribution is -2.48. The Morgan fingerprint density at radius 1 is 0.947 bits per heavy atom. The molecule has 1 saturated carbocycles. The molecule has 3 rings (SSSR count). The molecule has 2 atom stereocenters. The predicted octanol–water partition coefficient (Wildman–Crippen LogP) is 0.923. The van der Waals surface area contributed by atoms with E-state index >= 15 is 0 Å². The molecule has 19 heavy (non-hydrogen) atoms. The van der Waals surface area contributed by atoms with Gasteiger partial charge in [0.1, 0.15) is 0 Å². The van der Waals surface area contributed by atoms with E-state index in [1.165, 1.54) is 58.4 Å². The van der Waals surface area contributed by atoms with E-state index in [0.717, 1.165) is 19.1 Å². The van der Waals surface area contributed by atoms with Crippen molar-refractivity contribution in [3.8, 4) is 0 Å². The van der Waals surface area contributed by atoms with Crippen molar-refractivity contribution in [2.75, 3.05) is 45.8 Å². The maximum absolute atomic E-state index is 6.18. The number of hydrogen-bond donors (Lipinski definition) is 1. The largest absolute Gasteiger partial charge is 0.372 e. The Morgan fingerprint density at radius 2 is 1.63 bits per heavy atom. The molecule has 1 aliphatic carbocycles. The molecular weight excluding hydrogens is 238 g/mol. The number of piperazine rings is 1. The molecule has 4 nitrogen and oxygen atoms in total. The van der Waals surface area contributed by atoms with Crippen LogP contribution in [0.5, 0.6) is 0 Å². The van der Waals surface area contributed by atoms with Gasteiger partial charge < -0.3 is 15.0 Å². The van der Waals surface area contributed by atoms with Gasteiger partial charge in [-0.1, -0.05) is 6.92 Å². The molecule has 0 aromatic rings. The van der Waals surface area contributed by atoms with Crippen molar-refractivity contribution in [3.05, 3.63) is 0 Å². The second kappa shape index (κ2) is 6.53. The molecule has 0 aromatic heterocycles. The Balaban J connectivity index is 1.32. The van der Waals surface area contributed by atoms with Crippen molar-refractivity contribution < 1.29 is 4.74 Å². The van der Waals surface area contributed by atoms with Crippen molar-refractivity contribution in [3.63, 3.8) is 0 Å². The third kappa shape index (κ3) is 4.15. The fourth-order valence-electron chi connectivity index (χ4n) is 3.23. The second-order valence-corrected chi connectivity index (χ2v) is 6.37. The highest BCUT2D eigenvalue weighted by molar-refractivity contribution is 4.85. The Kier molecular flexibility index (Phi) is 4.74. The van der Waals surface area contributed by atoms with Crippen LogP contribution in [0.4, 0.5) is 0 Å². The number of ether oxygens (including phenoxy) is 1. The molecule has 1 N–H and O–H groups in total. The minimum atomic E-state index is 0.475. The zero-order chi connectivity index (χ0) is 13.1. The molecule has 2 unspecified atom stereocenters. The van der Waals surface area contributed by atoms with Gasteiger partial charge in [0, 0.05) is 45.3 Å². The van der Waals surface area contributed by atoms with Crippen LogP contribution in [0, 0.1) is 0 Å². The van der Waals surface area contributed by atoms with Crippen LogP contribution in [-0.2, 0) is 4.74 Å². The summed E-state index contributed by atoms with van der Waals surface area (Å²) in [7, 11) is 0. The monoisotopic (exact) mass is 267 g/mol. The zero-order valence-corrected chi connectivity index (χ0v) is 12.3. The highest BCUT2D eigenvalue weighted by Gasteiger charge is 2.29. The molecule has 0 amide bonds. The van der Waals surface area contributed by atoms with Crippen molar-refractivity contribution in [1.29, 1.82) is 0 Å². The molecule has 0 aromatic carbocycles. The smallest absolute Gasteiger partial charge is 0.0707 e. The summed E-state index contributed by atoms with van der Waals surface area (Å²) in [6, 6.07) is 0.810. The first-order valence-electron chi connectivity index (χ1n) is 8.17. The highest BCUT2D eigenvalue weighted by Crippen LogP contribution is 2.23. The average molecular weight is 267 g/mol. The fourth-order valence-corrected chi connectivity index (χ4v) is 3.23. The fraction of sp³-hybridized carbons (Fsp3) is 1.00. The van der Waals surface area contributed by atoms with Gasteiger partial charge in [0.2, 0.25) is 0 Å². The topological polar surface area (TPSA) is 27.7 Å². The van der Waals surface area contributed by atoms with Gasteiger partial charge >= 0.3 is 0 Å². The van der Waals surface area contributed by atoms with Gasteiger partial charge in [0.25, 0.3) is 0 Å². The standard InChI is InChI=1S/C15H29N3O/c1-2-17-7-9-18(10-8-17)12-15-6-5-14(19-15)11-16-13-3-4-13/h13-16H,2-12H2,1H3. The molecule has 3 aliphatic rings. The molecule has 0 bridgehead atoms. The number of nitrogens with one attached hydrogen (secondary N) is 1. The van der Waals surface area contributed by atoms with Crippen LogP contribution < -0.4 is 5.32 Å². The molecule has 2 saturated heterocycles. The van der Waals surface area contributed by atoms with E-state index in [1.807, 2.05) is 0 Å². The first kappa shape index (κ1) is 13.8. The maximum atomic E-state index is 6.18. The SMILES string of the molecule is CCN1CCN(CC2CCC(CNC3CC3)O2)CC1. The first-order chi connectivity index (χ1) is 9.33. The van der Waals surface area contributed by atoms with E-state index in [-0.39, 0.29) is 0 Å². The minimum absolute atomic E-state index is 0.475. The van der Waals surface area contributed by atoms with E-state index < -0.39 is 0 Å². The average Bonchev–Trinajstić information content (AvgIpc) is 3.17. The van der Waals surface area contributed by atoms with Gasteiger partial charge in [-0.15, -0.1) is 0 Å². The van der Waals surface area contributed by atoms with Gasteiger partial charge in [-0.2, -0.15) is 0 Å². The van der Waals surface area contributed by atoms with E-state index in [1.54, 1.807) is 0 Å². The summed E-state index contributed by atoms with van der Waals surface area (Å²) in [4.78, 5) is 5.13. The van der Waals surface area contributed by atoms with Crippen molar-refractivity contribution in [2.24, 2.45) is 0 Å². The molecule has 2 aliphatic heterocycles. The summed E-state index contributed by atoms with van der Waals surface area (Å²) in [6.45, 7) is 10.6. The van der Waals surface area contributed by atoms with Crippen LogP contribution in [0.15, 0.2) is 0 Å². The zero-order valence-electron chi connectivity index (χ0n) is 12.3. The third-order valence-electron chi connectivity index (χ3n) is 4.78. The summed E-state index contributed by atoms with van der Waals surface area (Å²) in [5.74, 6) is 0. The molecular formula is C15H29N3O. The molecule has 2 heterocycles. The maximum Gasteiger partial charge on any atom is 0.0707 e. The van der Waals surface area contributed by atoms with Crippen LogP contribution in [-0.4, -0.2) is 73.9 Å². The third-order valence-corrected chi connectivity index (χ3v) is 4.78. The van der Waals surface area contributed by atoms with E-state index in [0.29, 0.717) is 12.2 Å². The van der Waals surface area contributed by atoms with Gasteiger partial charge in [-0.3, -0.25) is 4.90 Å². The molecule has 3 fully saturated rings. The van der Waals surface area contributed by atoms with Gasteiger partial charge in [0.05, 0.1) is 12.2 Å². The number of nitrogens with zero attached hydrogens (tertiary/aromatic N) is 2. The number of likely N-dealkylation sites (N-methyl/N-ethyl adjacent to an activating group) is 1. The minimum Gasteiger partial charge on any atom is -0.372 e. The Labute approximate surface area is 117 Å². The lowest BCUT2D eigenvalue weighted by Gasteiger charge is -2.35. The van der Waals surface area contributed by atoms with Crippen LogP contribution in [0.2, 0.25) is 0 Å². The van der Waals surface area contributed by atoms with Crippen LogP contribution in [0.3, 0.4) is 0 Å². The van der Waals surface area contributed by atoms with Crippen molar-refractivity contribution in [2.45, 2.75) is 50.9 Å². The summed E-state index contributed by atoms with van der Waals surface area (Å²) in [5, 5.41) is 3.59. The van der Waals surface area contributed by atoms with E-state index in [9.17, 15) is 0 Å². The van der Waals surface area contributed by atoms with Crippen LogP contribution in [0.25, 0.3) is 0 Å². The second-order valence-electron chi connectivity index (χ2n) is 6.37. The van der Waals surface area contributed by atoms with E-state index in [2.05, 4.69) is 22.0 Å². The first-order valence-corrected chi connectivity index (χ1v) is 8.17. The van der Waals surface area contributed by atoms with Crippen molar-refractivity contribution >= 4 is 0 Å². The molecule has 110 valence electrons. The van der Waals surface area contributed by atoms with Gasteiger partial charge in [-0.05, 0) is 32.2 Å². The quantitative estimate of drug-likeness (QED) is 0.775. The summed E-state index contributed by atoms with van der Waals surface area (Å²) < 4.78 is 6.18. The van der Waals surface area contributed by atoms with Gasteiger partial charge in [-0.25, -0.2) is 0 Å². The Morgan fingerprint density at radius 3 is 2.32 bits per heavy atom. The Bertz CT molecular complexity index is 275. The number of rotatable bonds is 6. The molecule has 0 spiro atoms. The van der Waals surface area contributed by atoms with Crippen LogP contribution in [0.1, 0.15) is 32.6 Å². The normalized spacial score (nSPS) is 33.9. The van der Waals surface area contributed by atoms with Crippen molar-refractivity contribution in [1.82, 2.24) is 15.1 Å². The lowest BCUT2D eigenvalue weighted by atomic mass is 10.1. The predicted molar refractivity (Wildman–Crippen MR) is 77.5 cm³/mol. The van der Waals surface area contributed by atoms with E-state index in [4.69, 9.17) is 4.74 Å². The summed E-state index contributed by atoms with van der Waals surface area (Å²) in [6.07, 6.45) is 6.21. The lowest BCUT2D eigenvalue weighted by molar-refractivity contribution is 0.0130. The van der Waals surface area contributed by atoms with Crippen LogP contribution >= 0.6 is 0 Å². The highest BCUT2D eigenvalue weighted by atomic mass is 16.5. The van der Waals surface area contributed by atoms with Gasteiger partial charge in [0.15, 0.2) is 0 Å². The molecule has 0 radical (unpaired) electrons. The Hall–Kier alpha value is -0.160. The number of hydrogen-bond acceptors (Lipinski definition) is 4. The summed E-state index contributed by atoms with van der Waals surface area (Å²) >= 11 is 0.